The quantitative estimate of drug-likeness (QED) is 0.290. The number of phenolic OH excluding ortho intramolecular Hbond substituents is 1. The molecule has 3 fully saturated rings. The van der Waals surface area contributed by atoms with Gasteiger partial charge in [0.25, 0.3) is 0 Å². The van der Waals surface area contributed by atoms with Gasteiger partial charge < -0.3 is 9.84 Å². The summed E-state index contributed by atoms with van der Waals surface area (Å²) < 4.78 is 7.25. The molecule has 41 heavy (non-hydrogen) atoms. The molecule has 2 aromatic rings. The molecule has 0 saturated carbocycles. The zero-order chi connectivity index (χ0) is 28.7. The van der Waals surface area contributed by atoms with Crippen LogP contribution in [0.15, 0.2) is 69.7 Å². The summed E-state index contributed by atoms with van der Waals surface area (Å²) in [6.07, 6.45) is 5.98. The number of amides is 2. The molecule has 0 unspecified atom stereocenters. The first kappa shape index (κ1) is 28.4. The highest BCUT2D eigenvalue weighted by Crippen LogP contribution is 2.50. The van der Waals surface area contributed by atoms with Crippen LogP contribution < -0.4 is 0 Å². The number of imide groups is 1. The van der Waals surface area contributed by atoms with Gasteiger partial charge in [0.05, 0.1) is 24.5 Å². The molecular weight excluding hydrogens is 580 g/mol. The predicted octanol–water partition coefficient (Wildman–Crippen LogP) is 6.34. The third-order valence-electron chi connectivity index (χ3n) is 9.55. The van der Waals surface area contributed by atoms with Gasteiger partial charge in [0.1, 0.15) is 5.75 Å². The lowest BCUT2D eigenvalue weighted by Crippen LogP contribution is -2.47. The topological polar surface area (TPSA) is 70.1 Å². The molecule has 4 aliphatic rings. The van der Waals surface area contributed by atoms with E-state index in [-0.39, 0.29) is 47.5 Å². The van der Waals surface area contributed by atoms with Crippen molar-refractivity contribution in [2.24, 2.45) is 17.8 Å². The predicted molar refractivity (Wildman–Crippen MR) is 163 cm³/mol. The largest absolute Gasteiger partial charge is 0.507 e. The van der Waals surface area contributed by atoms with Crippen LogP contribution in [0.25, 0.3) is 6.08 Å². The van der Waals surface area contributed by atoms with Gasteiger partial charge in [-0.25, -0.2) is 0 Å². The molecule has 1 aliphatic carbocycles. The maximum atomic E-state index is 13.9. The van der Waals surface area contributed by atoms with Crippen LogP contribution in [0.4, 0.5) is 0 Å². The van der Waals surface area contributed by atoms with Gasteiger partial charge in [0.15, 0.2) is 0 Å². The average molecular weight is 620 g/mol. The molecule has 6 rings (SSSR count). The van der Waals surface area contributed by atoms with Gasteiger partial charge >= 0.3 is 0 Å². The van der Waals surface area contributed by atoms with E-state index in [9.17, 15) is 14.7 Å². The Morgan fingerprint density at radius 3 is 2.59 bits per heavy atom. The van der Waals surface area contributed by atoms with Crippen molar-refractivity contribution in [3.05, 3.63) is 80.8 Å². The molecule has 2 amide bonds. The number of benzene rings is 2. The molecule has 4 atom stereocenters. The minimum Gasteiger partial charge on any atom is -0.507 e. The highest BCUT2D eigenvalue weighted by Gasteiger charge is 2.57. The van der Waals surface area contributed by atoms with Gasteiger partial charge in [-0.1, -0.05) is 63.5 Å². The zero-order valence-electron chi connectivity index (χ0n) is 23.9. The summed E-state index contributed by atoms with van der Waals surface area (Å²) in [6.45, 7) is 7.42. The van der Waals surface area contributed by atoms with Crippen molar-refractivity contribution < 1.29 is 19.4 Å². The van der Waals surface area contributed by atoms with Crippen LogP contribution in [-0.2, 0) is 20.9 Å². The monoisotopic (exact) mass is 618 g/mol. The van der Waals surface area contributed by atoms with Crippen molar-refractivity contribution in [2.75, 3.05) is 19.7 Å². The van der Waals surface area contributed by atoms with Crippen molar-refractivity contribution >= 4 is 33.8 Å². The molecule has 0 bridgehead atoms. The number of rotatable bonds is 7. The van der Waals surface area contributed by atoms with Gasteiger partial charge in [0, 0.05) is 41.6 Å². The summed E-state index contributed by atoms with van der Waals surface area (Å²) in [4.78, 5) is 31.6. The Kier molecular flexibility index (Phi) is 8.21. The fourth-order valence-corrected chi connectivity index (χ4v) is 7.91. The molecule has 7 heteroatoms. The molecule has 2 aromatic carbocycles. The van der Waals surface area contributed by atoms with E-state index in [1.54, 1.807) is 11.0 Å². The number of carbonyl (C=O) groups excluding carboxylic acids is 2. The van der Waals surface area contributed by atoms with Gasteiger partial charge in [-0.2, -0.15) is 0 Å². The zero-order valence-corrected chi connectivity index (χ0v) is 25.5. The molecular formula is C34H39BrN2O4. The average Bonchev–Trinajstić information content (AvgIpc) is 3.49. The number of hydrogen-bond acceptors (Lipinski definition) is 5. The summed E-state index contributed by atoms with van der Waals surface area (Å²) in [5.74, 6) is -0.210. The number of nitrogens with zero attached hydrogens (tertiary/aromatic N) is 2. The van der Waals surface area contributed by atoms with Crippen molar-refractivity contribution in [3.63, 3.8) is 0 Å². The van der Waals surface area contributed by atoms with Gasteiger partial charge in [0.2, 0.25) is 11.8 Å². The van der Waals surface area contributed by atoms with Crippen molar-refractivity contribution in [1.29, 1.82) is 0 Å². The molecule has 6 nitrogen and oxygen atoms in total. The molecule has 0 aromatic heterocycles. The lowest BCUT2D eigenvalue weighted by Gasteiger charge is -2.36. The smallest absolute Gasteiger partial charge is 0.234 e. The Labute approximate surface area is 251 Å². The Balaban J connectivity index is 1.10. The first-order chi connectivity index (χ1) is 19.8. The van der Waals surface area contributed by atoms with Gasteiger partial charge in [-0.3, -0.25) is 19.4 Å². The summed E-state index contributed by atoms with van der Waals surface area (Å²) in [7, 11) is 0. The maximum absolute atomic E-state index is 13.9. The number of fused-ring (bicyclic) bond motifs is 3. The maximum Gasteiger partial charge on any atom is 0.234 e. The normalized spacial score (nSPS) is 27.5. The van der Waals surface area contributed by atoms with Gasteiger partial charge in [-0.05, 0) is 75.3 Å². The van der Waals surface area contributed by atoms with Crippen molar-refractivity contribution in [2.45, 2.75) is 64.6 Å². The molecule has 3 heterocycles. The van der Waals surface area contributed by atoms with Crippen LogP contribution in [0.3, 0.4) is 0 Å². The second-order valence-electron chi connectivity index (χ2n) is 12.3. The van der Waals surface area contributed by atoms with Crippen LogP contribution in [0.5, 0.6) is 5.75 Å². The van der Waals surface area contributed by atoms with E-state index in [1.165, 1.54) is 16.7 Å². The standard InChI is InChI=1S/C34H39BrN2O4/c1-21(16-24-18-25(35)9-10-29(24)38)8-11-30-31-22(2)17-27-32(28(31)20-41-30)34(40)37(33(27)39)26-12-14-36(15-13-26)19-23-6-4-3-5-7-23/h3-7,9-10,16,18,26-28,30,32,38H,8,11-15,17,19-20H2,1-2H3/b21-16+/t27-,28+,30-,32-/m1/s1. The first-order valence-corrected chi connectivity index (χ1v) is 15.7. The van der Waals surface area contributed by atoms with Crippen LogP contribution in [0, 0.1) is 17.8 Å². The van der Waals surface area contributed by atoms with Crippen LogP contribution in [0.1, 0.15) is 57.1 Å². The lowest BCUT2D eigenvalue weighted by molar-refractivity contribution is -0.144. The van der Waals surface area contributed by atoms with Crippen LogP contribution >= 0.6 is 15.9 Å². The third-order valence-corrected chi connectivity index (χ3v) is 10.0. The molecule has 3 aliphatic heterocycles. The number of likely N-dealkylation sites (tertiary alicyclic amines) is 2. The number of carbonyl (C=O) groups is 2. The van der Waals surface area contributed by atoms with E-state index in [0.717, 1.165) is 60.9 Å². The second kappa shape index (κ2) is 11.9. The Hall–Kier alpha value is -2.74. The Morgan fingerprint density at radius 2 is 1.83 bits per heavy atom. The highest BCUT2D eigenvalue weighted by molar-refractivity contribution is 9.10. The van der Waals surface area contributed by atoms with E-state index < -0.39 is 0 Å². The third kappa shape index (κ3) is 5.69. The summed E-state index contributed by atoms with van der Waals surface area (Å²) in [5, 5.41) is 10.2. The molecule has 0 spiro atoms. The fraction of sp³-hybridized carbons (Fsp3) is 0.471. The number of halogens is 1. The van der Waals surface area contributed by atoms with Crippen LogP contribution in [-0.4, -0.2) is 58.6 Å². The number of allylic oxidation sites excluding steroid dienone is 2. The van der Waals surface area contributed by atoms with Crippen molar-refractivity contribution in [1.82, 2.24) is 9.80 Å². The molecule has 1 N–H and O–H groups in total. The van der Waals surface area contributed by atoms with E-state index >= 15 is 0 Å². The van der Waals surface area contributed by atoms with Crippen molar-refractivity contribution in [3.8, 4) is 5.75 Å². The lowest BCUT2D eigenvalue weighted by atomic mass is 9.70. The van der Waals surface area contributed by atoms with E-state index in [2.05, 4.69) is 58.9 Å². The Morgan fingerprint density at radius 1 is 1.07 bits per heavy atom. The van der Waals surface area contributed by atoms with Crippen LogP contribution in [0.2, 0.25) is 0 Å². The number of ether oxygens (including phenoxy) is 1. The summed E-state index contributed by atoms with van der Waals surface area (Å²) >= 11 is 3.48. The molecule has 3 saturated heterocycles. The number of hydrogen-bond donors (Lipinski definition) is 1. The first-order valence-electron chi connectivity index (χ1n) is 14.9. The van der Waals surface area contributed by atoms with Gasteiger partial charge in [-0.15, -0.1) is 0 Å². The minimum absolute atomic E-state index is 0.00298. The second-order valence-corrected chi connectivity index (χ2v) is 13.2. The summed E-state index contributed by atoms with van der Waals surface area (Å²) in [5.41, 5.74) is 5.73. The number of aromatic hydroxyl groups is 1. The molecule has 216 valence electrons. The SMILES string of the molecule is CC1=C2[C@@H](CC/C(C)=C/c3cc(Br)ccc3O)OC[C@@H]2[C@@H]2C(=O)N(C3CCN(Cc4ccccc4)CC3)C(=O)[C@@H]2C1. The van der Waals surface area contributed by atoms with E-state index in [4.69, 9.17) is 4.74 Å². The molecule has 0 radical (unpaired) electrons. The van der Waals surface area contributed by atoms with E-state index in [1.807, 2.05) is 24.3 Å². The number of phenols is 1. The highest BCUT2D eigenvalue weighted by atomic mass is 79.9. The summed E-state index contributed by atoms with van der Waals surface area (Å²) in [6, 6.07) is 15.9. The number of piperidine rings is 1. The Bertz CT molecular complexity index is 1380. The minimum atomic E-state index is -0.288. The fourth-order valence-electron chi connectivity index (χ4n) is 7.53. The van der Waals surface area contributed by atoms with E-state index in [0.29, 0.717) is 13.0 Å².